The van der Waals surface area contributed by atoms with Gasteiger partial charge in [-0.3, -0.25) is 0 Å². The highest BCUT2D eigenvalue weighted by molar-refractivity contribution is 6.88. The molecule has 0 radical (unpaired) electrons. The molecule has 2 fully saturated rings. The maximum Gasteiger partial charge on any atom is 0.0670 e. The normalized spacial score (nSPS) is 35.0. The molecule has 70 valence electrons. The summed E-state index contributed by atoms with van der Waals surface area (Å²) in [5, 5.41) is 13.3. The number of aliphatic hydroxyl groups excluding tert-OH is 1. The Morgan fingerprint density at radius 3 is 2.83 bits per heavy atom. The van der Waals surface area contributed by atoms with Gasteiger partial charge in [0.2, 0.25) is 0 Å². The number of aliphatic hydroxyl groups is 1. The molecule has 0 aliphatic carbocycles. The average Bonchev–Trinajstić information content (AvgIpc) is 2.55. The minimum atomic E-state index is -0.828. The Morgan fingerprint density at radius 2 is 2.33 bits per heavy atom. The summed E-state index contributed by atoms with van der Waals surface area (Å²) in [6.07, 6.45) is 2.40. The lowest BCUT2D eigenvalue weighted by atomic mass is 10.1. The van der Waals surface area contributed by atoms with Crippen LogP contribution in [0, 0.1) is 0 Å². The number of hydrogen-bond donors (Lipinski definition) is 2. The fourth-order valence-electron chi connectivity index (χ4n) is 2.10. The first-order valence-electron chi connectivity index (χ1n) is 5.11. The van der Waals surface area contributed by atoms with E-state index in [1.54, 1.807) is 0 Å². The molecule has 2 rings (SSSR count). The van der Waals surface area contributed by atoms with Gasteiger partial charge >= 0.3 is 0 Å². The lowest BCUT2D eigenvalue weighted by Crippen LogP contribution is -2.37. The summed E-state index contributed by atoms with van der Waals surface area (Å²) in [5.41, 5.74) is 0. The monoisotopic (exact) mass is 185 g/mol. The van der Waals surface area contributed by atoms with E-state index in [9.17, 15) is 5.11 Å². The molecule has 2 atom stereocenters. The predicted octanol–water partition coefficient (Wildman–Crippen LogP) is 1.19. The van der Waals surface area contributed by atoms with Crippen molar-refractivity contribution in [2.45, 2.75) is 49.7 Å². The van der Waals surface area contributed by atoms with E-state index in [0.717, 1.165) is 12.6 Å². The molecule has 0 unspecified atom stereocenters. The first kappa shape index (κ1) is 8.72. The van der Waals surface area contributed by atoms with E-state index in [1.165, 1.54) is 24.9 Å². The third kappa shape index (κ3) is 1.89. The van der Waals surface area contributed by atoms with Crippen molar-refractivity contribution in [2.75, 3.05) is 6.54 Å². The Hall–Kier alpha value is 0.137. The van der Waals surface area contributed by atoms with Crippen molar-refractivity contribution in [3.63, 3.8) is 0 Å². The predicted molar refractivity (Wildman–Crippen MR) is 53.1 cm³/mol. The summed E-state index contributed by atoms with van der Waals surface area (Å²) in [6.45, 7) is 3.53. The van der Waals surface area contributed by atoms with Crippen molar-refractivity contribution in [3.8, 4) is 0 Å². The molecule has 0 aromatic carbocycles. The molecule has 0 saturated carbocycles. The van der Waals surface area contributed by atoms with Gasteiger partial charge in [-0.2, -0.15) is 0 Å². The SMILES string of the molecule is C[Si]1(C[C@@H](O)[C@@H]2CCCN2)CC1. The minimum Gasteiger partial charge on any atom is -0.392 e. The van der Waals surface area contributed by atoms with Crippen molar-refractivity contribution in [2.24, 2.45) is 0 Å². The maximum absolute atomic E-state index is 9.90. The average molecular weight is 185 g/mol. The van der Waals surface area contributed by atoms with Crippen molar-refractivity contribution < 1.29 is 5.11 Å². The molecule has 2 N–H and O–H groups in total. The molecule has 0 aromatic rings. The lowest BCUT2D eigenvalue weighted by molar-refractivity contribution is 0.153. The van der Waals surface area contributed by atoms with Crippen LogP contribution in [0.1, 0.15) is 12.8 Å². The van der Waals surface area contributed by atoms with Crippen molar-refractivity contribution in [1.29, 1.82) is 0 Å². The van der Waals surface area contributed by atoms with Gasteiger partial charge in [-0.1, -0.05) is 18.6 Å². The number of rotatable bonds is 3. The van der Waals surface area contributed by atoms with E-state index in [2.05, 4.69) is 11.9 Å². The molecular formula is C9H19NOSi. The van der Waals surface area contributed by atoms with Crippen LogP contribution in [0.25, 0.3) is 0 Å². The van der Waals surface area contributed by atoms with Crippen LogP contribution >= 0.6 is 0 Å². The standard InChI is InChI=1S/C9H19NOSi/c1-12(5-6-12)7-9(11)8-3-2-4-10-8/h8-11H,2-7H2,1H3/t8-,9+/m0/s1. The topological polar surface area (TPSA) is 32.3 Å². The Kier molecular flexibility index (Phi) is 2.27. The summed E-state index contributed by atoms with van der Waals surface area (Å²) in [4.78, 5) is 0. The third-order valence-electron chi connectivity index (χ3n) is 3.37. The molecule has 0 bridgehead atoms. The highest BCUT2D eigenvalue weighted by Crippen LogP contribution is 2.41. The first-order chi connectivity index (χ1) is 5.70. The number of hydrogen-bond acceptors (Lipinski definition) is 2. The van der Waals surface area contributed by atoms with Crippen LogP contribution in [-0.2, 0) is 0 Å². The van der Waals surface area contributed by atoms with Gasteiger partial charge in [0.05, 0.1) is 14.2 Å². The quantitative estimate of drug-likeness (QED) is 0.647. The Balaban J connectivity index is 1.79. The molecule has 0 aromatic heterocycles. The number of nitrogens with one attached hydrogen (secondary N) is 1. The fraction of sp³-hybridized carbons (Fsp3) is 1.00. The molecular weight excluding hydrogens is 166 g/mol. The largest absolute Gasteiger partial charge is 0.392 e. The van der Waals surface area contributed by atoms with Gasteiger partial charge in [0, 0.05) is 6.04 Å². The summed E-state index contributed by atoms with van der Waals surface area (Å²) >= 11 is 0. The minimum absolute atomic E-state index is 0.0355. The second kappa shape index (κ2) is 3.12. The van der Waals surface area contributed by atoms with Crippen LogP contribution in [0.4, 0.5) is 0 Å². The molecule has 12 heavy (non-hydrogen) atoms. The van der Waals surface area contributed by atoms with Crippen LogP contribution in [0.15, 0.2) is 0 Å². The van der Waals surface area contributed by atoms with E-state index in [0.29, 0.717) is 6.04 Å². The van der Waals surface area contributed by atoms with Crippen molar-refractivity contribution in [3.05, 3.63) is 0 Å². The summed E-state index contributed by atoms with van der Waals surface area (Å²) < 4.78 is 0. The van der Waals surface area contributed by atoms with E-state index in [1.807, 2.05) is 0 Å². The van der Waals surface area contributed by atoms with Crippen LogP contribution in [0.2, 0.25) is 24.7 Å². The van der Waals surface area contributed by atoms with E-state index >= 15 is 0 Å². The van der Waals surface area contributed by atoms with Crippen molar-refractivity contribution in [1.82, 2.24) is 5.32 Å². The highest BCUT2D eigenvalue weighted by Gasteiger charge is 2.42. The Labute approximate surface area is 75.4 Å². The zero-order valence-corrected chi connectivity index (χ0v) is 8.84. The highest BCUT2D eigenvalue weighted by atomic mass is 28.3. The van der Waals surface area contributed by atoms with E-state index in [-0.39, 0.29) is 6.10 Å². The summed E-state index contributed by atoms with van der Waals surface area (Å²) in [7, 11) is -0.828. The summed E-state index contributed by atoms with van der Waals surface area (Å²) in [5.74, 6) is 0. The van der Waals surface area contributed by atoms with Crippen molar-refractivity contribution >= 4 is 8.07 Å². The fourth-order valence-corrected chi connectivity index (χ4v) is 5.51. The second-order valence-corrected chi connectivity index (χ2v) is 9.81. The molecule has 2 aliphatic rings. The molecule has 2 aliphatic heterocycles. The molecule has 2 nitrogen and oxygen atoms in total. The van der Waals surface area contributed by atoms with Gasteiger partial charge in [-0.25, -0.2) is 0 Å². The molecule has 0 spiro atoms. The molecule has 2 heterocycles. The molecule has 3 heteroatoms. The van der Waals surface area contributed by atoms with Crippen LogP contribution in [-0.4, -0.2) is 31.9 Å². The lowest BCUT2D eigenvalue weighted by Gasteiger charge is -2.20. The van der Waals surface area contributed by atoms with Gasteiger partial charge in [-0.15, -0.1) is 0 Å². The summed E-state index contributed by atoms with van der Waals surface area (Å²) in [6, 6.07) is 4.48. The first-order valence-corrected chi connectivity index (χ1v) is 8.23. The third-order valence-corrected chi connectivity index (χ3v) is 6.98. The zero-order chi connectivity index (χ0) is 8.60. The van der Waals surface area contributed by atoms with Gasteiger partial charge < -0.3 is 10.4 Å². The maximum atomic E-state index is 9.90. The smallest absolute Gasteiger partial charge is 0.0670 e. The zero-order valence-electron chi connectivity index (χ0n) is 7.84. The van der Waals surface area contributed by atoms with E-state index in [4.69, 9.17) is 0 Å². The van der Waals surface area contributed by atoms with Crippen LogP contribution in [0.3, 0.4) is 0 Å². The van der Waals surface area contributed by atoms with Crippen LogP contribution < -0.4 is 5.32 Å². The van der Waals surface area contributed by atoms with Gasteiger partial charge in [0.25, 0.3) is 0 Å². The Morgan fingerprint density at radius 1 is 1.58 bits per heavy atom. The van der Waals surface area contributed by atoms with Crippen LogP contribution in [0.5, 0.6) is 0 Å². The Bertz CT molecular complexity index is 164. The second-order valence-electron chi connectivity index (χ2n) is 4.78. The van der Waals surface area contributed by atoms with E-state index < -0.39 is 8.07 Å². The van der Waals surface area contributed by atoms with Gasteiger partial charge in [0.15, 0.2) is 0 Å². The van der Waals surface area contributed by atoms with Gasteiger partial charge in [-0.05, 0) is 25.4 Å². The molecule has 2 saturated heterocycles. The molecule has 0 amide bonds. The van der Waals surface area contributed by atoms with Gasteiger partial charge in [0.1, 0.15) is 0 Å².